The molecule has 0 aliphatic carbocycles. The molecule has 216 valence electrons. The summed E-state index contributed by atoms with van der Waals surface area (Å²) in [6.45, 7) is 4.51. The monoisotopic (exact) mass is 568 g/mol. The van der Waals surface area contributed by atoms with Gasteiger partial charge in [0, 0.05) is 5.92 Å². The first kappa shape index (κ1) is 40.4. The first-order chi connectivity index (χ1) is 17.5. The molecule has 0 amide bonds. The van der Waals surface area contributed by atoms with Crippen LogP contribution in [-0.2, 0) is 14.6 Å². The van der Waals surface area contributed by atoms with E-state index in [1.807, 2.05) is 0 Å². The second kappa shape index (κ2) is 31.8. The Morgan fingerprint density at radius 3 is 1.32 bits per heavy atom. The molecular formula is C31H61KO4S. The van der Waals surface area contributed by atoms with Crippen LogP contribution in [0.4, 0.5) is 0 Å². The molecule has 1 atom stereocenters. The van der Waals surface area contributed by atoms with E-state index < -0.39 is 10.4 Å². The minimum absolute atomic E-state index is 0. The van der Waals surface area contributed by atoms with Gasteiger partial charge in [0.05, 0.1) is 6.61 Å². The maximum Gasteiger partial charge on any atom is 1.00 e. The third-order valence-corrected chi connectivity index (χ3v) is 7.66. The normalized spacial score (nSPS) is 12.7. The Kier molecular flexibility index (Phi) is 34.7. The van der Waals surface area contributed by atoms with Crippen LogP contribution in [0.5, 0.6) is 0 Å². The summed E-state index contributed by atoms with van der Waals surface area (Å²) in [5, 5.41) is 0. The summed E-state index contributed by atoms with van der Waals surface area (Å²) in [7, 11) is -4.62. The fraction of sp³-hybridized carbons (Fsp3) is 0.935. The molecule has 0 saturated heterocycles. The Labute approximate surface area is 275 Å². The molecule has 0 aromatic carbocycles. The largest absolute Gasteiger partial charge is 1.00 e. The Balaban J connectivity index is 0. The van der Waals surface area contributed by atoms with Crippen LogP contribution in [-0.4, -0.2) is 19.6 Å². The quantitative estimate of drug-likeness (QED) is 0.0309. The van der Waals surface area contributed by atoms with Crippen molar-refractivity contribution in [2.75, 3.05) is 6.61 Å². The fourth-order valence-corrected chi connectivity index (χ4v) is 5.21. The van der Waals surface area contributed by atoms with E-state index in [0.29, 0.717) is 0 Å². The average molecular weight is 569 g/mol. The van der Waals surface area contributed by atoms with Crippen molar-refractivity contribution >= 4 is 10.4 Å². The van der Waals surface area contributed by atoms with Crippen LogP contribution in [0.15, 0.2) is 12.2 Å². The maximum absolute atomic E-state index is 10.9. The average Bonchev–Trinajstić information content (AvgIpc) is 2.84. The van der Waals surface area contributed by atoms with Gasteiger partial charge in [-0.15, -0.1) is 0 Å². The molecule has 0 rings (SSSR count). The minimum Gasteiger partial charge on any atom is -0.726 e. The van der Waals surface area contributed by atoms with Crippen LogP contribution in [0.25, 0.3) is 0 Å². The van der Waals surface area contributed by atoms with E-state index in [1.54, 1.807) is 0 Å². The van der Waals surface area contributed by atoms with Gasteiger partial charge in [-0.1, -0.05) is 167 Å². The van der Waals surface area contributed by atoms with Crippen LogP contribution >= 0.6 is 0 Å². The molecule has 0 aromatic rings. The Bertz CT molecular complexity index is 566. The molecule has 0 heterocycles. The number of hydrogen-bond acceptors (Lipinski definition) is 4. The molecule has 37 heavy (non-hydrogen) atoms. The minimum atomic E-state index is -4.62. The van der Waals surface area contributed by atoms with Crippen LogP contribution in [0.1, 0.15) is 174 Å². The summed E-state index contributed by atoms with van der Waals surface area (Å²) in [6.07, 6.45) is 36.6. The van der Waals surface area contributed by atoms with Gasteiger partial charge in [-0.2, -0.15) is 0 Å². The standard InChI is InChI=1S/C31H62O4S.K/c1-3-5-7-9-11-13-15-17-19-21-23-25-27-29-31(30-35-36(32,33)34)28-26-24-22-20-18-16-14-12-10-8-6-4-2;/h26,28,31H,3-25,27,29-30H2,1-2H3,(H,32,33,34);/q;+1/p-1/b28-26+;. The van der Waals surface area contributed by atoms with Crippen molar-refractivity contribution in [2.45, 2.75) is 174 Å². The van der Waals surface area contributed by atoms with E-state index in [2.05, 4.69) is 30.2 Å². The number of unbranched alkanes of at least 4 members (excludes halogenated alkanes) is 22. The summed E-state index contributed by atoms with van der Waals surface area (Å²) in [6, 6.07) is 0. The summed E-state index contributed by atoms with van der Waals surface area (Å²) in [4.78, 5) is 0. The molecule has 0 aliphatic heterocycles. The molecule has 0 bridgehead atoms. The van der Waals surface area contributed by atoms with Gasteiger partial charge in [0.1, 0.15) is 0 Å². The van der Waals surface area contributed by atoms with Gasteiger partial charge in [0.2, 0.25) is 10.4 Å². The van der Waals surface area contributed by atoms with Gasteiger partial charge in [-0.25, -0.2) is 8.42 Å². The third-order valence-electron chi connectivity index (χ3n) is 7.24. The molecule has 0 N–H and O–H groups in total. The van der Waals surface area contributed by atoms with Crippen molar-refractivity contribution in [3.63, 3.8) is 0 Å². The molecule has 0 saturated carbocycles. The zero-order chi connectivity index (χ0) is 26.6. The van der Waals surface area contributed by atoms with E-state index in [-0.39, 0.29) is 63.9 Å². The smallest absolute Gasteiger partial charge is 0.726 e. The summed E-state index contributed by atoms with van der Waals surface area (Å²) >= 11 is 0. The Morgan fingerprint density at radius 1 is 0.595 bits per heavy atom. The molecule has 0 fully saturated rings. The number of rotatable bonds is 29. The summed E-state index contributed by atoms with van der Waals surface area (Å²) in [5.74, 6) is 0.0181. The van der Waals surface area contributed by atoms with Gasteiger partial charge in [0.15, 0.2) is 0 Å². The zero-order valence-corrected chi connectivity index (χ0v) is 29.1. The SMILES string of the molecule is CCCCCCCCCCCC/C=C/C(CCCCCCCCCCCCCCC)COS(=O)(=O)[O-].[K+]. The second-order valence-corrected chi connectivity index (χ2v) is 11.9. The zero-order valence-electron chi connectivity index (χ0n) is 25.2. The maximum atomic E-state index is 10.9. The van der Waals surface area contributed by atoms with Crippen LogP contribution in [0.2, 0.25) is 0 Å². The first-order valence-electron chi connectivity index (χ1n) is 15.8. The Morgan fingerprint density at radius 2 is 0.946 bits per heavy atom. The van der Waals surface area contributed by atoms with E-state index in [1.165, 1.54) is 141 Å². The molecule has 0 radical (unpaired) electrons. The van der Waals surface area contributed by atoms with Crippen molar-refractivity contribution in [1.82, 2.24) is 0 Å². The number of hydrogen-bond donors (Lipinski definition) is 0. The summed E-state index contributed by atoms with van der Waals surface area (Å²) in [5.41, 5.74) is 0. The van der Waals surface area contributed by atoms with Crippen molar-refractivity contribution in [2.24, 2.45) is 5.92 Å². The van der Waals surface area contributed by atoms with E-state index in [4.69, 9.17) is 0 Å². The van der Waals surface area contributed by atoms with E-state index in [0.717, 1.165) is 19.3 Å². The van der Waals surface area contributed by atoms with Crippen molar-refractivity contribution < 1.29 is 68.5 Å². The van der Waals surface area contributed by atoms with Crippen molar-refractivity contribution in [1.29, 1.82) is 0 Å². The van der Waals surface area contributed by atoms with Gasteiger partial charge in [0.25, 0.3) is 0 Å². The molecule has 0 spiro atoms. The second-order valence-electron chi connectivity index (χ2n) is 10.9. The predicted octanol–water partition coefficient (Wildman–Crippen LogP) is 7.43. The van der Waals surface area contributed by atoms with Crippen LogP contribution in [0, 0.1) is 5.92 Å². The molecule has 0 aromatic heterocycles. The van der Waals surface area contributed by atoms with Crippen LogP contribution in [0.3, 0.4) is 0 Å². The topological polar surface area (TPSA) is 66.4 Å². The van der Waals surface area contributed by atoms with E-state index in [9.17, 15) is 13.0 Å². The predicted molar refractivity (Wildman–Crippen MR) is 155 cm³/mol. The van der Waals surface area contributed by atoms with Gasteiger partial charge in [-0.05, 0) is 19.3 Å². The Hall–Kier alpha value is 1.25. The molecule has 6 heteroatoms. The van der Waals surface area contributed by atoms with Crippen LogP contribution < -0.4 is 51.4 Å². The van der Waals surface area contributed by atoms with Gasteiger partial charge in [-0.3, -0.25) is 4.18 Å². The van der Waals surface area contributed by atoms with Crippen molar-refractivity contribution in [3.8, 4) is 0 Å². The van der Waals surface area contributed by atoms with E-state index >= 15 is 0 Å². The molecule has 1 unspecified atom stereocenters. The molecule has 0 aliphatic rings. The fourth-order valence-electron chi connectivity index (χ4n) is 4.87. The first-order valence-corrected chi connectivity index (χ1v) is 17.1. The molecular weight excluding hydrogens is 508 g/mol. The van der Waals surface area contributed by atoms with Gasteiger partial charge < -0.3 is 4.55 Å². The van der Waals surface area contributed by atoms with Gasteiger partial charge >= 0.3 is 51.4 Å². The molecule has 4 nitrogen and oxygen atoms in total. The third kappa shape index (κ3) is 35.2. The summed E-state index contributed by atoms with van der Waals surface area (Å²) < 4.78 is 37.3. The number of allylic oxidation sites excluding steroid dienone is 1. The van der Waals surface area contributed by atoms with Crippen molar-refractivity contribution in [3.05, 3.63) is 12.2 Å².